The summed E-state index contributed by atoms with van der Waals surface area (Å²) in [6.07, 6.45) is -5.47. The van der Waals surface area contributed by atoms with Gasteiger partial charge in [0, 0.05) is 57.1 Å². The summed E-state index contributed by atoms with van der Waals surface area (Å²) in [5.41, 5.74) is 0.0203. The molecule has 1 atom stereocenters. The number of rotatable bonds is 3. The van der Waals surface area contributed by atoms with Gasteiger partial charge in [-0.1, -0.05) is 6.07 Å². The van der Waals surface area contributed by atoms with E-state index in [9.17, 15) is 23.1 Å². The maximum atomic E-state index is 13.5. The van der Waals surface area contributed by atoms with Gasteiger partial charge in [0.05, 0.1) is 11.7 Å². The van der Waals surface area contributed by atoms with Crippen LogP contribution in [0.3, 0.4) is 0 Å². The number of piperazine rings is 1. The highest BCUT2D eigenvalue weighted by atomic mass is 19.4. The summed E-state index contributed by atoms with van der Waals surface area (Å²) in [6.45, 7) is 2.28. The molecule has 9 heteroatoms. The number of hydrogen-bond donors (Lipinski definition) is 2. The van der Waals surface area contributed by atoms with Gasteiger partial charge in [-0.3, -0.25) is 4.90 Å². The number of anilines is 1. The van der Waals surface area contributed by atoms with E-state index in [0.29, 0.717) is 38.3 Å². The van der Waals surface area contributed by atoms with Gasteiger partial charge in [-0.05, 0) is 18.6 Å². The number of nitrogens with zero attached hydrogens (tertiary/aromatic N) is 3. The molecule has 0 aliphatic carbocycles. The van der Waals surface area contributed by atoms with Gasteiger partial charge in [0.25, 0.3) is 0 Å². The minimum absolute atomic E-state index is 0.102. The van der Waals surface area contributed by atoms with Crippen molar-refractivity contribution in [1.29, 1.82) is 0 Å². The Kier molecular flexibility index (Phi) is 5.29. The molecule has 2 heterocycles. The van der Waals surface area contributed by atoms with Crippen LogP contribution in [0, 0.1) is 0 Å². The first-order valence-corrected chi connectivity index (χ1v) is 8.58. The first kappa shape index (κ1) is 18.8. The zero-order valence-corrected chi connectivity index (χ0v) is 14.2. The van der Waals surface area contributed by atoms with Gasteiger partial charge in [0.1, 0.15) is 0 Å². The average molecular weight is 373 g/mol. The van der Waals surface area contributed by atoms with Crippen molar-refractivity contribution < 1.29 is 28.2 Å². The van der Waals surface area contributed by atoms with Gasteiger partial charge in [0.15, 0.2) is 0 Å². The van der Waals surface area contributed by atoms with Crippen LogP contribution < -0.4 is 4.90 Å². The van der Waals surface area contributed by atoms with Crippen molar-refractivity contribution in [3.63, 3.8) is 0 Å². The number of alkyl halides is 3. The second-order valence-corrected chi connectivity index (χ2v) is 6.74. The third kappa shape index (κ3) is 4.04. The number of aliphatic hydroxyl groups excluding tert-OH is 1. The normalized spacial score (nSPS) is 22.1. The zero-order valence-electron chi connectivity index (χ0n) is 14.2. The Morgan fingerprint density at radius 1 is 1.15 bits per heavy atom. The molecule has 1 aromatic rings. The van der Waals surface area contributed by atoms with Crippen LogP contribution in [-0.2, 0) is 12.7 Å². The van der Waals surface area contributed by atoms with Crippen molar-refractivity contribution in [2.45, 2.75) is 25.2 Å². The number of halogens is 3. The third-order valence-electron chi connectivity index (χ3n) is 4.99. The minimum Gasteiger partial charge on any atom is -0.465 e. The molecule has 26 heavy (non-hydrogen) atoms. The van der Waals surface area contributed by atoms with Crippen molar-refractivity contribution in [1.82, 2.24) is 9.80 Å². The number of aliphatic hydroxyl groups is 1. The molecule has 3 rings (SSSR count). The molecule has 0 aromatic heterocycles. The van der Waals surface area contributed by atoms with E-state index in [1.807, 2.05) is 4.90 Å². The predicted octanol–water partition coefficient (Wildman–Crippen LogP) is 2.07. The van der Waals surface area contributed by atoms with Crippen LogP contribution in [0.2, 0.25) is 0 Å². The maximum Gasteiger partial charge on any atom is 0.416 e. The van der Waals surface area contributed by atoms with E-state index >= 15 is 0 Å². The molecule has 2 aliphatic heterocycles. The number of benzene rings is 1. The molecule has 1 unspecified atom stereocenters. The van der Waals surface area contributed by atoms with Crippen molar-refractivity contribution in [2.75, 3.05) is 44.2 Å². The van der Waals surface area contributed by atoms with Gasteiger partial charge in [0.2, 0.25) is 0 Å². The molecule has 0 bridgehead atoms. The summed E-state index contributed by atoms with van der Waals surface area (Å²) in [5.74, 6) is 0. The Hall–Kier alpha value is -2.00. The third-order valence-corrected chi connectivity index (χ3v) is 4.99. The van der Waals surface area contributed by atoms with E-state index in [2.05, 4.69) is 0 Å². The lowest BCUT2D eigenvalue weighted by atomic mass is 10.0. The summed E-state index contributed by atoms with van der Waals surface area (Å²) in [5, 5.41) is 18.8. The van der Waals surface area contributed by atoms with Gasteiger partial charge in [-0.15, -0.1) is 0 Å². The monoisotopic (exact) mass is 373 g/mol. The molecule has 2 saturated heterocycles. The number of β-amino-alcohol motifs (C(OH)–C–C–N with tert-alkyl or cyclic N) is 1. The zero-order chi connectivity index (χ0) is 18.9. The first-order valence-electron chi connectivity index (χ1n) is 8.58. The Morgan fingerprint density at radius 2 is 1.85 bits per heavy atom. The summed E-state index contributed by atoms with van der Waals surface area (Å²) >= 11 is 0. The lowest BCUT2D eigenvalue weighted by molar-refractivity contribution is -0.138. The smallest absolute Gasteiger partial charge is 0.416 e. The van der Waals surface area contributed by atoms with Crippen LogP contribution in [0.25, 0.3) is 0 Å². The molecule has 0 saturated carbocycles. The first-order chi connectivity index (χ1) is 12.3. The highest BCUT2D eigenvalue weighted by Gasteiger charge is 2.36. The van der Waals surface area contributed by atoms with Crippen molar-refractivity contribution >= 4 is 11.8 Å². The molecule has 6 nitrogen and oxygen atoms in total. The molecule has 1 amide bonds. The predicted molar refractivity (Wildman–Crippen MR) is 89.2 cm³/mol. The van der Waals surface area contributed by atoms with Crippen LogP contribution in [0.5, 0.6) is 0 Å². The van der Waals surface area contributed by atoms with E-state index in [0.717, 1.165) is 6.07 Å². The Balaban J connectivity index is 1.85. The molecule has 144 valence electrons. The summed E-state index contributed by atoms with van der Waals surface area (Å²) < 4.78 is 40.6. The fourth-order valence-corrected chi connectivity index (χ4v) is 3.58. The minimum atomic E-state index is -4.47. The Labute approximate surface area is 149 Å². The van der Waals surface area contributed by atoms with E-state index in [1.54, 1.807) is 11.0 Å². The van der Waals surface area contributed by atoms with Gasteiger partial charge in [-0.25, -0.2) is 4.79 Å². The van der Waals surface area contributed by atoms with Crippen molar-refractivity contribution in [3.05, 3.63) is 29.3 Å². The molecular weight excluding hydrogens is 351 g/mol. The fraction of sp³-hybridized carbons (Fsp3) is 0.588. The molecule has 0 radical (unpaired) electrons. The average Bonchev–Trinajstić information content (AvgIpc) is 3.01. The number of carbonyl (C=O) groups is 1. The molecule has 0 spiro atoms. The quantitative estimate of drug-likeness (QED) is 0.849. The van der Waals surface area contributed by atoms with Gasteiger partial charge < -0.3 is 20.0 Å². The second kappa shape index (κ2) is 7.32. The fourth-order valence-electron chi connectivity index (χ4n) is 3.58. The number of carboxylic acid groups (broad SMARTS) is 1. The van der Waals surface area contributed by atoms with Crippen LogP contribution in [0.4, 0.5) is 23.7 Å². The Bertz CT molecular complexity index is 660. The number of hydrogen-bond acceptors (Lipinski definition) is 4. The maximum absolute atomic E-state index is 13.5. The summed E-state index contributed by atoms with van der Waals surface area (Å²) in [6, 6.07) is 4.14. The lowest BCUT2D eigenvalue weighted by Gasteiger charge is -2.34. The standard InChI is InChI=1S/C17H22F3N3O3/c18-17(19,20)14-2-1-3-15(23-5-4-12(24)10-23)13(14)11-21-6-8-22(9-7-21)16(25)26/h1-3,12,24H,4-11H2,(H,25,26). The SMILES string of the molecule is O=C(O)N1CCN(Cc2c(N3CCC(O)C3)cccc2C(F)(F)F)CC1. The van der Waals surface area contributed by atoms with E-state index < -0.39 is 23.9 Å². The summed E-state index contributed by atoms with van der Waals surface area (Å²) in [7, 11) is 0. The Morgan fingerprint density at radius 3 is 2.38 bits per heavy atom. The highest BCUT2D eigenvalue weighted by molar-refractivity contribution is 5.65. The van der Waals surface area contributed by atoms with Crippen molar-refractivity contribution in [3.8, 4) is 0 Å². The molecule has 2 aliphatic rings. The van der Waals surface area contributed by atoms with Crippen LogP contribution in [0.1, 0.15) is 17.5 Å². The van der Waals surface area contributed by atoms with Crippen LogP contribution in [-0.4, -0.2) is 71.5 Å². The largest absolute Gasteiger partial charge is 0.465 e. The number of amides is 1. The molecule has 1 aromatic carbocycles. The van der Waals surface area contributed by atoms with E-state index in [4.69, 9.17) is 5.11 Å². The highest BCUT2D eigenvalue weighted by Crippen LogP contribution is 2.38. The van der Waals surface area contributed by atoms with Crippen LogP contribution >= 0.6 is 0 Å². The van der Waals surface area contributed by atoms with E-state index in [-0.39, 0.29) is 25.2 Å². The van der Waals surface area contributed by atoms with Gasteiger partial charge in [-0.2, -0.15) is 13.2 Å². The van der Waals surface area contributed by atoms with Gasteiger partial charge >= 0.3 is 12.3 Å². The molecular formula is C17H22F3N3O3. The summed E-state index contributed by atoms with van der Waals surface area (Å²) in [4.78, 5) is 15.9. The molecule has 2 fully saturated rings. The van der Waals surface area contributed by atoms with Crippen LogP contribution in [0.15, 0.2) is 18.2 Å². The molecule has 2 N–H and O–H groups in total. The topological polar surface area (TPSA) is 67.2 Å². The van der Waals surface area contributed by atoms with E-state index in [1.165, 1.54) is 11.0 Å². The lowest BCUT2D eigenvalue weighted by Crippen LogP contribution is -2.48. The van der Waals surface area contributed by atoms with Crippen molar-refractivity contribution in [2.24, 2.45) is 0 Å². The second-order valence-electron chi connectivity index (χ2n) is 6.74.